The predicted octanol–water partition coefficient (Wildman–Crippen LogP) is 3.87. The quantitative estimate of drug-likeness (QED) is 0.915. The van der Waals surface area contributed by atoms with E-state index >= 15 is 0 Å². The summed E-state index contributed by atoms with van der Waals surface area (Å²) in [6.45, 7) is 2.81. The minimum atomic E-state index is 0.594. The smallest absolute Gasteiger partial charge is 0.139 e. The van der Waals surface area contributed by atoms with Crippen LogP contribution in [0.4, 0.5) is 5.69 Å². The average Bonchev–Trinajstić information content (AvgIpc) is 2.47. The zero-order valence-corrected chi connectivity index (χ0v) is 12.4. The molecular weight excluding hydrogens is 274 g/mol. The molecule has 1 aromatic carbocycles. The Morgan fingerprint density at radius 1 is 1.50 bits per heavy atom. The normalized spacial score (nSPS) is 14.6. The first-order valence-electron chi connectivity index (χ1n) is 6.49. The van der Waals surface area contributed by atoms with Crippen LogP contribution in [0.5, 0.6) is 5.75 Å². The lowest BCUT2D eigenvalue weighted by atomic mass is 10.3. The molecule has 0 atom stereocenters. The summed E-state index contributed by atoms with van der Waals surface area (Å²) in [7, 11) is 1.60. The Morgan fingerprint density at radius 2 is 2.35 bits per heavy atom. The van der Waals surface area contributed by atoms with E-state index in [1.165, 1.54) is 0 Å². The van der Waals surface area contributed by atoms with Crippen molar-refractivity contribution in [2.45, 2.75) is 13.3 Å². The molecule has 0 aliphatic carbocycles. The molecule has 20 heavy (non-hydrogen) atoms. The Kier molecular flexibility index (Phi) is 5.07. The third kappa shape index (κ3) is 3.78. The highest BCUT2D eigenvalue weighted by Gasteiger charge is 2.08. The largest absolute Gasteiger partial charge is 0.495 e. The first kappa shape index (κ1) is 14.5. The second-order valence-electron chi connectivity index (χ2n) is 4.31. The fraction of sp³-hybridized carbons (Fsp3) is 0.267. The molecule has 1 heterocycles. The molecule has 0 aromatic heterocycles. The molecule has 4 nitrogen and oxygen atoms in total. The number of allylic oxidation sites excluding steroid dienone is 1. The lowest BCUT2D eigenvalue weighted by molar-refractivity contribution is 0.415. The molecule has 106 valence electrons. The van der Waals surface area contributed by atoms with Gasteiger partial charge in [-0.3, -0.25) is 0 Å². The summed E-state index contributed by atoms with van der Waals surface area (Å²) in [5, 5.41) is 3.87. The molecule has 0 radical (unpaired) electrons. The Balaban J connectivity index is 2.05. The van der Waals surface area contributed by atoms with Crippen molar-refractivity contribution in [2.75, 3.05) is 19.0 Å². The highest BCUT2D eigenvalue weighted by molar-refractivity contribution is 6.32. The molecular formula is C15H18ClN3O. The van der Waals surface area contributed by atoms with Crippen LogP contribution >= 0.6 is 11.6 Å². The zero-order chi connectivity index (χ0) is 14.4. The van der Waals surface area contributed by atoms with E-state index in [0.29, 0.717) is 17.3 Å². The van der Waals surface area contributed by atoms with Crippen molar-refractivity contribution in [1.82, 2.24) is 4.90 Å². The number of hydrogen-bond donors (Lipinski definition) is 1. The number of nitrogens with one attached hydrogen (secondary N) is 1. The van der Waals surface area contributed by atoms with Gasteiger partial charge in [-0.2, -0.15) is 0 Å². The van der Waals surface area contributed by atoms with Crippen molar-refractivity contribution in [2.24, 2.45) is 4.99 Å². The zero-order valence-electron chi connectivity index (χ0n) is 11.6. The van der Waals surface area contributed by atoms with Crippen molar-refractivity contribution < 1.29 is 4.74 Å². The number of ether oxygens (including phenoxy) is 1. The van der Waals surface area contributed by atoms with Crippen LogP contribution in [0.25, 0.3) is 0 Å². The maximum Gasteiger partial charge on any atom is 0.139 e. The fourth-order valence-electron chi connectivity index (χ4n) is 1.79. The molecule has 0 unspecified atom stereocenters. The highest BCUT2D eigenvalue weighted by atomic mass is 35.5. The van der Waals surface area contributed by atoms with Gasteiger partial charge in [-0.15, -0.1) is 0 Å². The van der Waals surface area contributed by atoms with Crippen LogP contribution in [0.1, 0.15) is 13.3 Å². The van der Waals surface area contributed by atoms with Crippen LogP contribution in [0, 0.1) is 0 Å². The topological polar surface area (TPSA) is 36.9 Å². The van der Waals surface area contributed by atoms with Crippen molar-refractivity contribution >= 4 is 23.1 Å². The molecule has 0 bridgehead atoms. The summed E-state index contributed by atoms with van der Waals surface area (Å²) < 4.78 is 5.20. The number of methoxy groups -OCH3 is 1. The first-order chi connectivity index (χ1) is 9.72. The van der Waals surface area contributed by atoms with Crippen molar-refractivity contribution in [3.63, 3.8) is 0 Å². The number of rotatable bonds is 4. The second kappa shape index (κ2) is 7.01. The SMILES string of the molecule is CC/C=C\N1C=CN=C(Nc2ccc(Cl)c(OC)c2)C1. The van der Waals surface area contributed by atoms with Gasteiger partial charge in [0.25, 0.3) is 0 Å². The summed E-state index contributed by atoms with van der Waals surface area (Å²) in [6, 6.07) is 5.56. The van der Waals surface area contributed by atoms with E-state index in [-0.39, 0.29) is 0 Å². The Hall–Kier alpha value is -1.94. The van der Waals surface area contributed by atoms with Gasteiger partial charge in [0.2, 0.25) is 0 Å². The van der Waals surface area contributed by atoms with E-state index in [4.69, 9.17) is 16.3 Å². The summed E-state index contributed by atoms with van der Waals surface area (Å²) in [5.74, 6) is 1.52. The van der Waals surface area contributed by atoms with E-state index in [0.717, 1.165) is 17.9 Å². The molecule has 1 aliphatic rings. The van der Waals surface area contributed by atoms with E-state index < -0.39 is 0 Å². The van der Waals surface area contributed by atoms with Gasteiger partial charge in [0.15, 0.2) is 0 Å². The van der Waals surface area contributed by atoms with Gasteiger partial charge >= 0.3 is 0 Å². The maximum absolute atomic E-state index is 6.01. The van der Waals surface area contributed by atoms with E-state index in [1.54, 1.807) is 19.4 Å². The van der Waals surface area contributed by atoms with E-state index in [2.05, 4.69) is 34.4 Å². The van der Waals surface area contributed by atoms with Gasteiger partial charge in [0, 0.05) is 30.4 Å². The molecule has 0 saturated carbocycles. The third-order valence-corrected chi connectivity index (χ3v) is 3.11. The number of halogens is 1. The van der Waals surface area contributed by atoms with Gasteiger partial charge in [-0.25, -0.2) is 4.99 Å². The molecule has 2 rings (SSSR count). The number of hydrogen-bond acceptors (Lipinski definition) is 4. The van der Waals surface area contributed by atoms with Crippen molar-refractivity contribution in [3.8, 4) is 5.75 Å². The number of aliphatic imine (C=N–C) groups is 1. The molecule has 0 amide bonds. The van der Waals surface area contributed by atoms with Gasteiger partial charge in [0.1, 0.15) is 11.6 Å². The van der Waals surface area contributed by atoms with Crippen LogP contribution < -0.4 is 10.1 Å². The van der Waals surface area contributed by atoms with Crippen LogP contribution in [0.3, 0.4) is 0 Å². The summed E-state index contributed by atoms with van der Waals surface area (Å²) in [4.78, 5) is 6.41. The lowest BCUT2D eigenvalue weighted by Crippen LogP contribution is -2.28. The van der Waals surface area contributed by atoms with Crippen LogP contribution in [0.15, 0.2) is 47.9 Å². The molecule has 1 aromatic rings. The molecule has 1 aliphatic heterocycles. The van der Waals surface area contributed by atoms with Gasteiger partial charge in [-0.1, -0.05) is 24.6 Å². The minimum Gasteiger partial charge on any atom is -0.495 e. The fourth-order valence-corrected chi connectivity index (χ4v) is 1.99. The Bertz CT molecular complexity index is 552. The monoisotopic (exact) mass is 291 g/mol. The van der Waals surface area contributed by atoms with Gasteiger partial charge < -0.3 is 15.0 Å². The molecule has 1 N–H and O–H groups in total. The van der Waals surface area contributed by atoms with E-state index in [9.17, 15) is 0 Å². The summed E-state index contributed by atoms with van der Waals surface area (Å²) in [6.07, 6.45) is 8.89. The predicted molar refractivity (Wildman–Crippen MR) is 84.3 cm³/mol. The van der Waals surface area contributed by atoms with Crippen LogP contribution in [0.2, 0.25) is 5.02 Å². The van der Waals surface area contributed by atoms with Crippen molar-refractivity contribution in [3.05, 3.63) is 47.9 Å². The molecule has 0 saturated heterocycles. The molecule has 5 heteroatoms. The van der Waals surface area contributed by atoms with Gasteiger partial charge in [0.05, 0.1) is 18.7 Å². The average molecular weight is 292 g/mol. The number of benzene rings is 1. The van der Waals surface area contributed by atoms with Crippen LogP contribution in [-0.2, 0) is 0 Å². The highest BCUT2D eigenvalue weighted by Crippen LogP contribution is 2.27. The Morgan fingerprint density at radius 3 is 3.10 bits per heavy atom. The maximum atomic E-state index is 6.01. The van der Waals surface area contributed by atoms with Gasteiger partial charge in [-0.05, 0) is 18.6 Å². The lowest BCUT2D eigenvalue weighted by Gasteiger charge is -2.21. The minimum absolute atomic E-state index is 0.594. The third-order valence-electron chi connectivity index (χ3n) is 2.79. The number of nitrogens with zero attached hydrogens (tertiary/aromatic N) is 2. The summed E-state index contributed by atoms with van der Waals surface area (Å²) >= 11 is 6.01. The summed E-state index contributed by atoms with van der Waals surface area (Å²) in [5.41, 5.74) is 0.903. The Labute approximate surface area is 124 Å². The molecule has 0 fully saturated rings. The van der Waals surface area contributed by atoms with Crippen LogP contribution in [-0.4, -0.2) is 24.4 Å². The van der Waals surface area contributed by atoms with Crippen molar-refractivity contribution in [1.29, 1.82) is 0 Å². The second-order valence-corrected chi connectivity index (χ2v) is 4.72. The molecule has 0 spiro atoms. The number of anilines is 1. The first-order valence-corrected chi connectivity index (χ1v) is 6.87. The standard InChI is InChI=1S/C15H18ClN3O/c1-3-4-8-19-9-7-17-15(11-19)18-12-5-6-13(16)14(10-12)20-2/h4-10H,3,11H2,1-2H3,(H,17,18)/b8-4-. The van der Waals surface area contributed by atoms with E-state index in [1.807, 2.05) is 18.3 Å². The number of amidine groups is 1.